The van der Waals surface area contributed by atoms with Crippen LogP contribution in [0.25, 0.3) is 0 Å². The zero-order valence-corrected chi connectivity index (χ0v) is 13.0. The molecule has 0 aromatic carbocycles. The molecule has 112 valence electrons. The predicted molar refractivity (Wildman–Crippen MR) is 78.7 cm³/mol. The number of anilines is 1. The number of hydrogen-bond donors (Lipinski definition) is 3. The summed E-state index contributed by atoms with van der Waals surface area (Å²) in [4.78, 5) is 3.93. The molecule has 0 saturated heterocycles. The fourth-order valence-electron chi connectivity index (χ4n) is 2.47. The van der Waals surface area contributed by atoms with Crippen LogP contribution in [0.4, 0.5) is 5.82 Å². The highest BCUT2D eigenvalue weighted by atomic mass is 35.5. The summed E-state index contributed by atoms with van der Waals surface area (Å²) < 4.78 is 27.4. The second-order valence-electron chi connectivity index (χ2n) is 5.29. The first-order valence-electron chi connectivity index (χ1n) is 6.49. The Morgan fingerprint density at radius 2 is 2.10 bits per heavy atom. The molecule has 8 heteroatoms. The van der Waals surface area contributed by atoms with Gasteiger partial charge < -0.3 is 5.43 Å². The number of aromatic nitrogens is 1. The SMILES string of the molecule is CC1CCC(NS(=O)(=O)c2cnc(NN)c(Cl)c2)C1C. The molecule has 0 bridgehead atoms. The third kappa shape index (κ3) is 3.06. The Balaban J connectivity index is 2.20. The van der Waals surface area contributed by atoms with Gasteiger partial charge in [0.2, 0.25) is 10.0 Å². The lowest BCUT2D eigenvalue weighted by Crippen LogP contribution is -2.37. The molecule has 1 aliphatic rings. The van der Waals surface area contributed by atoms with Gasteiger partial charge in [-0.05, 0) is 30.7 Å². The summed E-state index contributed by atoms with van der Waals surface area (Å²) in [5.74, 6) is 6.30. The Hall–Kier alpha value is -0.890. The molecule has 0 radical (unpaired) electrons. The van der Waals surface area contributed by atoms with E-state index in [1.165, 1.54) is 12.3 Å². The molecule has 6 nitrogen and oxygen atoms in total. The minimum Gasteiger partial charge on any atom is -0.307 e. The van der Waals surface area contributed by atoms with E-state index >= 15 is 0 Å². The number of nitrogen functional groups attached to an aromatic ring is 1. The summed E-state index contributed by atoms with van der Waals surface area (Å²) in [6.45, 7) is 4.20. The van der Waals surface area contributed by atoms with Crippen LogP contribution in [0.1, 0.15) is 26.7 Å². The van der Waals surface area contributed by atoms with Crippen molar-refractivity contribution < 1.29 is 8.42 Å². The van der Waals surface area contributed by atoms with Crippen LogP contribution >= 0.6 is 11.6 Å². The van der Waals surface area contributed by atoms with E-state index in [1.54, 1.807) is 0 Å². The number of nitrogens with one attached hydrogen (secondary N) is 2. The average molecular weight is 319 g/mol. The van der Waals surface area contributed by atoms with Gasteiger partial charge in [-0.2, -0.15) is 0 Å². The zero-order chi connectivity index (χ0) is 14.9. The first-order valence-corrected chi connectivity index (χ1v) is 8.35. The van der Waals surface area contributed by atoms with Gasteiger partial charge in [0.05, 0.1) is 5.02 Å². The third-order valence-corrected chi connectivity index (χ3v) is 5.78. The van der Waals surface area contributed by atoms with Crippen LogP contribution < -0.4 is 16.0 Å². The topological polar surface area (TPSA) is 97.1 Å². The lowest BCUT2D eigenvalue weighted by atomic mass is 9.98. The Morgan fingerprint density at radius 3 is 2.60 bits per heavy atom. The molecule has 1 aliphatic carbocycles. The summed E-state index contributed by atoms with van der Waals surface area (Å²) >= 11 is 5.91. The van der Waals surface area contributed by atoms with Crippen molar-refractivity contribution in [2.75, 3.05) is 5.43 Å². The summed E-state index contributed by atoms with van der Waals surface area (Å²) in [5.41, 5.74) is 2.30. The van der Waals surface area contributed by atoms with Gasteiger partial charge >= 0.3 is 0 Å². The van der Waals surface area contributed by atoms with E-state index in [0.29, 0.717) is 11.8 Å². The number of nitrogens with two attached hydrogens (primary N) is 1. The van der Waals surface area contributed by atoms with E-state index < -0.39 is 10.0 Å². The Bertz CT molecular complexity index is 593. The highest BCUT2D eigenvalue weighted by Gasteiger charge is 2.33. The molecular weight excluding hydrogens is 300 g/mol. The van der Waals surface area contributed by atoms with Gasteiger partial charge in [-0.1, -0.05) is 25.4 Å². The minimum atomic E-state index is -3.61. The summed E-state index contributed by atoms with van der Waals surface area (Å²) in [7, 11) is -3.61. The number of sulfonamides is 1. The average Bonchev–Trinajstić information content (AvgIpc) is 2.70. The maximum atomic E-state index is 12.3. The molecule has 4 N–H and O–H groups in total. The van der Waals surface area contributed by atoms with Crippen LogP contribution in [0.2, 0.25) is 5.02 Å². The van der Waals surface area contributed by atoms with Crippen molar-refractivity contribution >= 4 is 27.4 Å². The van der Waals surface area contributed by atoms with Crippen LogP contribution in [-0.4, -0.2) is 19.4 Å². The van der Waals surface area contributed by atoms with Gasteiger partial charge in [-0.15, -0.1) is 0 Å². The van der Waals surface area contributed by atoms with Crippen molar-refractivity contribution in [3.8, 4) is 0 Å². The van der Waals surface area contributed by atoms with Crippen molar-refractivity contribution in [2.24, 2.45) is 17.7 Å². The lowest BCUT2D eigenvalue weighted by Gasteiger charge is -2.19. The monoisotopic (exact) mass is 318 g/mol. The molecular formula is C12H19ClN4O2S. The Kier molecular flexibility index (Phi) is 4.53. The zero-order valence-electron chi connectivity index (χ0n) is 11.4. The molecule has 3 unspecified atom stereocenters. The third-order valence-electron chi connectivity index (χ3n) is 4.03. The van der Waals surface area contributed by atoms with Crippen LogP contribution in [0.15, 0.2) is 17.2 Å². The lowest BCUT2D eigenvalue weighted by molar-refractivity contribution is 0.402. The van der Waals surface area contributed by atoms with Gasteiger partial charge in [0.1, 0.15) is 4.90 Å². The molecule has 0 aliphatic heterocycles. The summed E-state index contributed by atoms with van der Waals surface area (Å²) in [6, 6.07) is 1.30. The second-order valence-corrected chi connectivity index (χ2v) is 7.41. The van der Waals surface area contributed by atoms with E-state index in [9.17, 15) is 8.42 Å². The summed E-state index contributed by atoms with van der Waals surface area (Å²) in [5, 5.41) is 0.170. The van der Waals surface area contributed by atoms with Gasteiger partial charge in [-0.25, -0.2) is 24.0 Å². The van der Waals surface area contributed by atoms with E-state index in [-0.39, 0.29) is 21.8 Å². The van der Waals surface area contributed by atoms with E-state index in [4.69, 9.17) is 17.4 Å². The first kappa shape index (κ1) is 15.5. The van der Waals surface area contributed by atoms with Crippen molar-refractivity contribution in [1.29, 1.82) is 0 Å². The Morgan fingerprint density at radius 1 is 1.40 bits per heavy atom. The molecule has 1 aromatic heterocycles. The van der Waals surface area contributed by atoms with Crippen molar-refractivity contribution in [2.45, 2.75) is 37.6 Å². The largest absolute Gasteiger partial charge is 0.307 e. The van der Waals surface area contributed by atoms with Crippen LogP contribution in [0, 0.1) is 11.8 Å². The van der Waals surface area contributed by atoms with E-state index in [1.807, 2.05) is 0 Å². The molecule has 0 amide bonds. The quantitative estimate of drug-likeness (QED) is 0.580. The van der Waals surface area contributed by atoms with E-state index in [0.717, 1.165) is 12.8 Å². The highest BCUT2D eigenvalue weighted by molar-refractivity contribution is 7.89. The number of halogens is 1. The molecule has 20 heavy (non-hydrogen) atoms. The molecule has 2 rings (SSSR count). The number of pyridine rings is 1. The molecule has 1 aromatic rings. The van der Waals surface area contributed by atoms with Gasteiger partial charge in [0.25, 0.3) is 0 Å². The smallest absolute Gasteiger partial charge is 0.242 e. The molecule has 0 spiro atoms. The summed E-state index contributed by atoms with van der Waals surface area (Å²) in [6.07, 6.45) is 3.13. The van der Waals surface area contributed by atoms with Gasteiger partial charge in [-0.3, -0.25) is 0 Å². The standard InChI is InChI=1S/C12H19ClN4O2S/c1-7-3-4-11(8(7)2)17-20(18,19)9-5-10(13)12(16-14)15-6-9/h5-8,11,17H,3-4,14H2,1-2H3,(H,15,16). The molecule has 1 fully saturated rings. The predicted octanol–water partition coefficient (Wildman–Crippen LogP) is 1.73. The van der Waals surface area contributed by atoms with Crippen LogP contribution in [-0.2, 0) is 10.0 Å². The van der Waals surface area contributed by atoms with Crippen molar-refractivity contribution in [3.05, 3.63) is 17.3 Å². The van der Waals surface area contributed by atoms with Gasteiger partial charge in [0, 0.05) is 12.2 Å². The van der Waals surface area contributed by atoms with Gasteiger partial charge in [0.15, 0.2) is 5.82 Å². The minimum absolute atomic E-state index is 0.0407. The fraction of sp³-hybridized carbons (Fsp3) is 0.583. The fourth-order valence-corrected chi connectivity index (χ4v) is 4.09. The van der Waals surface area contributed by atoms with Crippen LogP contribution in [0.5, 0.6) is 0 Å². The molecule has 3 atom stereocenters. The van der Waals surface area contributed by atoms with Crippen LogP contribution in [0.3, 0.4) is 0 Å². The number of rotatable bonds is 4. The number of hydrazine groups is 1. The maximum absolute atomic E-state index is 12.3. The highest BCUT2D eigenvalue weighted by Crippen LogP contribution is 2.32. The number of nitrogens with zero attached hydrogens (tertiary/aromatic N) is 1. The molecule has 1 heterocycles. The maximum Gasteiger partial charge on any atom is 0.242 e. The second kappa shape index (κ2) is 5.85. The first-order chi connectivity index (χ1) is 9.35. The number of hydrogen-bond acceptors (Lipinski definition) is 5. The normalized spacial score (nSPS) is 26.7. The van der Waals surface area contributed by atoms with Crippen molar-refractivity contribution in [3.63, 3.8) is 0 Å². The molecule has 1 saturated carbocycles. The Labute approximate surface area is 124 Å². The van der Waals surface area contributed by atoms with Crippen molar-refractivity contribution in [1.82, 2.24) is 9.71 Å². The van der Waals surface area contributed by atoms with E-state index in [2.05, 4.69) is 29.0 Å².